The van der Waals surface area contributed by atoms with Gasteiger partial charge >= 0.3 is 0 Å². The van der Waals surface area contributed by atoms with Crippen LogP contribution in [0.4, 0.5) is 0 Å². The van der Waals surface area contributed by atoms with Crippen LogP contribution in [0.25, 0.3) is 22.2 Å². The van der Waals surface area contributed by atoms with Crippen molar-refractivity contribution in [2.24, 2.45) is 0 Å². The van der Waals surface area contributed by atoms with Gasteiger partial charge in [0.05, 0.1) is 31.0 Å². The van der Waals surface area contributed by atoms with Gasteiger partial charge < -0.3 is 14.8 Å². The molecule has 5 nitrogen and oxygen atoms in total. The molecule has 0 unspecified atom stereocenters. The summed E-state index contributed by atoms with van der Waals surface area (Å²) in [6.45, 7) is 0.456. The van der Waals surface area contributed by atoms with E-state index in [0.717, 1.165) is 22.0 Å². The predicted octanol–water partition coefficient (Wildman–Crippen LogP) is 4.85. The second kappa shape index (κ2) is 8.66. The molecule has 0 aliphatic heterocycles. The van der Waals surface area contributed by atoms with E-state index in [9.17, 15) is 4.79 Å². The minimum atomic E-state index is -0.147. The van der Waals surface area contributed by atoms with Crippen LogP contribution < -0.4 is 14.8 Å². The molecule has 0 spiro atoms. The van der Waals surface area contributed by atoms with E-state index in [1.54, 1.807) is 20.3 Å². The Morgan fingerprint density at radius 3 is 2.43 bits per heavy atom. The maximum Gasteiger partial charge on any atom is 0.252 e. The van der Waals surface area contributed by atoms with Gasteiger partial charge in [-0.2, -0.15) is 0 Å². The first-order valence-electron chi connectivity index (χ1n) is 9.64. The van der Waals surface area contributed by atoms with Crippen LogP contribution >= 0.6 is 0 Å². The third-order valence-electron chi connectivity index (χ3n) is 4.94. The second-order valence-corrected chi connectivity index (χ2v) is 6.81. The number of rotatable bonds is 6. The molecular weight excluding hydrogens is 376 g/mol. The molecule has 0 saturated heterocycles. The fourth-order valence-electron chi connectivity index (χ4n) is 3.38. The Morgan fingerprint density at radius 2 is 1.67 bits per heavy atom. The number of methoxy groups -OCH3 is 2. The van der Waals surface area contributed by atoms with Crippen LogP contribution in [0.15, 0.2) is 78.9 Å². The Bertz CT molecular complexity index is 1190. The zero-order valence-corrected chi connectivity index (χ0v) is 16.9. The molecule has 4 aromatic rings. The Labute approximate surface area is 175 Å². The van der Waals surface area contributed by atoms with E-state index in [2.05, 4.69) is 5.32 Å². The quantitative estimate of drug-likeness (QED) is 0.504. The highest BCUT2D eigenvalue weighted by Gasteiger charge is 2.16. The molecule has 30 heavy (non-hydrogen) atoms. The maximum atomic E-state index is 13.1. The Morgan fingerprint density at radius 1 is 0.900 bits per heavy atom. The van der Waals surface area contributed by atoms with E-state index in [0.29, 0.717) is 29.3 Å². The van der Waals surface area contributed by atoms with E-state index >= 15 is 0 Å². The number of amides is 1. The Kier molecular flexibility index (Phi) is 5.61. The monoisotopic (exact) mass is 398 g/mol. The highest BCUT2D eigenvalue weighted by atomic mass is 16.5. The van der Waals surface area contributed by atoms with Crippen molar-refractivity contribution in [3.05, 3.63) is 90.0 Å². The molecule has 0 saturated carbocycles. The Balaban J connectivity index is 1.76. The van der Waals surface area contributed by atoms with Crippen LogP contribution in [-0.4, -0.2) is 25.1 Å². The second-order valence-electron chi connectivity index (χ2n) is 6.81. The highest BCUT2D eigenvalue weighted by molar-refractivity contribution is 6.07. The number of para-hydroxylation sites is 1. The number of pyridine rings is 1. The minimum absolute atomic E-state index is 0.147. The van der Waals surface area contributed by atoms with Gasteiger partial charge in [0.1, 0.15) is 11.5 Å². The molecule has 0 radical (unpaired) electrons. The number of fused-ring (bicyclic) bond motifs is 1. The highest BCUT2D eigenvalue weighted by Crippen LogP contribution is 2.34. The lowest BCUT2D eigenvalue weighted by Crippen LogP contribution is -2.23. The van der Waals surface area contributed by atoms with Gasteiger partial charge in [-0.3, -0.25) is 4.79 Å². The Hall–Kier alpha value is -3.86. The number of nitrogens with one attached hydrogen (secondary N) is 1. The fourth-order valence-corrected chi connectivity index (χ4v) is 3.38. The zero-order valence-electron chi connectivity index (χ0n) is 16.9. The molecule has 0 aliphatic rings. The molecule has 5 heteroatoms. The standard InChI is InChI=1S/C25H22N2O3/c1-29-18-12-13-20(24(14-18)30-2)23-15-21(19-10-6-7-11-22(19)27-23)25(28)26-16-17-8-4-3-5-9-17/h3-15H,16H2,1-2H3,(H,26,28). The summed E-state index contributed by atoms with van der Waals surface area (Å²) in [5.74, 6) is 1.18. The summed E-state index contributed by atoms with van der Waals surface area (Å²) in [4.78, 5) is 17.9. The lowest BCUT2D eigenvalue weighted by molar-refractivity contribution is 0.0952. The summed E-state index contributed by atoms with van der Waals surface area (Å²) in [5, 5.41) is 3.82. The molecule has 150 valence electrons. The first kappa shape index (κ1) is 19.5. The van der Waals surface area contributed by atoms with Gasteiger partial charge in [0.15, 0.2) is 0 Å². The van der Waals surface area contributed by atoms with E-state index in [1.165, 1.54) is 0 Å². The van der Waals surface area contributed by atoms with Gasteiger partial charge in [-0.25, -0.2) is 4.98 Å². The van der Waals surface area contributed by atoms with Gasteiger partial charge in [-0.05, 0) is 29.8 Å². The first-order chi connectivity index (χ1) is 14.7. The van der Waals surface area contributed by atoms with Crippen molar-refractivity contribution in [1.82, 2.24) is 10.3 Å². The van der Waals surface area contributed by atoms with E-state index < -0.39 is 0 Å². The molecule has 0 fully saturated rings. The molecule has 1 heterocycles. The minimum Gasteiger partial charge on any atom is -0.497 e. The van der Waals surface area contributed by atoms with Crippen molar-refractivity contribution >= 4 is 16.8 Å². The molecule has 0 bridgehead atoms. The summed E-state index contributed by atoms with van der Waals surface area (Å²) < 4.78 is 10.8. The van der Waals surface area contributed by atoms with Crippen molar-refractivity contribution in [2.75, 3.05) is 14.2 Å². The van der Waals surface area contributed by atoms with E-state index in [-0.39, 0.29) is 5.91 Å². The summed E-state index contributed by atoms with van der Waals surface area (Å²) in [7, 11) is 3.21. The van der Waals surface area contributed by atoms with Crippen molar-refractivity contribution in [3.8, 4) is 22.8 Å². The van der Waals surface area contributed by atoms with Gasteiger partial charge in [0.25, 0.3) is 5.91 Å². The molecule has 0 aliphatic carbocycles. The van der Waals surface area contributed by atoms with Gasteiger partial charge in [-0.15, -0.1) is 0 Å². The SMILES string of the molecule is COc1ccc(-c2cc(C(=O)NCc3ccccc3)c3ccccc3n2)c(OC)c1. The van der Waals surface area contributed by atoms with E-state index in [4.69, 9.17) is 14.5 Å². The summed E-state index contributed by atoms with van der Waals surface area (Å²) in [5.41, 5.74) is 3.82. The average molecular weight is 398 g/mol. The first-order valence-corrected chi connectivity index (χ1v) is 9.64. The largest absolute Gasteiger partial charge is 0.497 e. The van der Waals surface area contributed by atoms with Crippen LogP contribution in [0.3, 0.4) is 0 Å². The van der Waals surface area contributed by atoms with Crippen molar-refractivity contribution < 1.29 is 14.3 Å². The maximum absolute atomic E-state index is 13.1. The van der Waals surface area contributed by atoms with Crippen LogP contribution in [-0.2, 0) is 6.54 Å². The average Bonchev–Trinajstić information content (AvgIpc) is 2.82. The van der Waals surface area contributed by atoms with Crippen LogP contribution in [0, 0.1) is 0 Å². The molecule has 1 N–H and O–H groups in total. The number of carbonyl (C=O) groups excluding carboxylic acids is 1. The number of benzene rings is 3. The molecule has 1 amide bonds. The number of hydrogen-bond acceptors (Lipinski definition) is 4. The van der Waals surface area contributed by atoms with Gasteiger partial charge in [-0.1, -0.05) is 48.5 Å². The van der Waals surface area contributed by atoms with Crippen molar-refractivity contribution in [2.45, 2.75) is 6.54 Å². The van der Waals surface area contributed by atoms with Crippen LogP contribution in [0.1, 0.15) is 15.9 Å². The topological polar surface area (TPSA) is 60.5 Å². The summed E-state index contributed by atoms with van der Waals surface area (Å²) in [6.07, 6.45) is 0. The van der Waals surface area contributed by atoms with Crippen LogP contribution in [0.5, 0.6) is 11.5 Å². The summed E-state index contributed by atoms with van der Waals surface area (Å²) in [6, 6.07) is 24.8. The number of ether oxygens (including phenoxy) is 2. The van der Waals surface area contributed by atoms with E-state index in [1.807, 2.05) is 72.8 Å². The molecule has 4 rings (SSSR count). The smallest absolute Gasteiger partial charge is 0.252 e. The third kappa shape index (κ3) is 3.96. The number of aromatic nitrogens is 1. The fraction of sp³-hybridized carbons (Fsp3) is 0.120. The zero-order chi connectivity index (χ0) is 20.9. The van der Waals surface area contributed by atoms with Gasteiger partial charge in [0.2, 0.25) is 0 Å². The number of carbonyl (C=O) groups is 1. The van der Waals surface area contributed by atoms with Gasteiger partial charge in [0, 0.05) is 23.6 Å². The number of hydrogen-bond donors (Lipinski definition) is 1. The van der Waals surface area contributed by atoms with Crippen molar-refractivity contribution in [1.29, 1.82) is 0 Å². The van der Waals surface area contributed by atoms with Crippen LogP contribution in [0.2, 0.25) is 0 Å². The number of nitrogens with zero attached hydrogens (tertiary/aromatic N) is 1. The molecule has 1 aromatic heterocycles. The molecule has 3 aromatic carbocycles. The predicted molar refractivity (Wildman–Crippen MR) is 118 cm³/mol. The summed E-state index contributed by atoms with van der Waals surface area (Å²) >= 11 is 0. The molecular formula is C25H22N2O3. The lowest BCUT2D eigenvalue weighted by Gasteiger charge is -2.13. The van der Waals surface area contributed by atoms with Crippen molar-refractivity contribution in [3.63, 3.8) is 0 Å². The molecule has 0 atom stereocenters. The lowest BCUT2D eigenvalue weighted by atomic mass is 10.0. The normalized spacial score (nSPS) is 10.6. The third-order valence-corrected chi connectivity index (χ3v) is 4.94.